The Labute approximate surface area is 161 Å². The van der Waals surface area contributed by atoms with Gasteiger partial charge in [0.1, 0.15) is 0 Å². The van der Waals surface area contributed by atoms with Crippen LogP contribution in [0.3, 0.4) is 0 Å². The average molecular weight is 364 g/mol. The molecule has 1 saturated heterocycles. The van der Waals surface area contributed by atoms with Gasteiger partial charge < -0.3 is 10.2 Å². The molecular formula is C23H28N2O2. The van der Waals surface area contributed by atoms with Crippen molar-refractivity contribution in [3.05, 3.63) is 64.7 Å². The van der Waals surface area contributed by atoms with Gasteiger partial charge in [0.15, 0.2) is 0 Å². The zero-order chi connectivity index (χ0) is 19.4. The van der Waals surface area contributed by atoms with Gasteiger partial charge in [0.25, 0.3) is 0 Å². The molecule has 4 nitrogen and oxygen atoms in total. The predicted octanol–water partition coefficient (Wildman–Crippen LogP) is 3.79. The van der Waals surface area contributed by atoms with Crippen LogP contribution >= 0.6 is 0 Å². The van der Waals surface area contributed by atoms with E-state index in [0.29, 0.717) is 13.1 Å². The number of amides is 2. The van der Waals surface area contributed by atoms with Crippen LogP contribution < -0.4 is 10.2 Å². The molecule has 0 aliphatic carbocycles. The number of hydrogen-bond acceptors (Lipinski definition) is 2. The molecule has 0 saturated carbocycles. The fourth-order valence-electron chi connectivity index (χ4n) is 3.82. The molecular weight excluding hydrogens is 336 g/mol. The first-order chi connectivity index (χ1) is 13.0. The molecule has 1 heterocycles. The molecule has 4 heteroatoms. The van der Waals surface area contributed by atoms with E-state index in [-0.39, 0.29) is 24.2 Å². The Hall–Kier alpha value is -2.62. The number of carbonyl (C=O) groups is 2. The molecule has 1 aliphatic rings. The predicted molar refractivity (Wildman–Crippen MR) is 109 cm³/mol. The molecule has 0 spiro atoms. The molecule has 0 aromatic heterocycles. The normalized spacial score (nSPS) is 16.6. The quantitative estimate of drug-likeness (QED) is 0.848. The summed E-state index contributed by atoms with van der Waals surface area (Å²) >= 11 is 0. The van der Waals surface area contributed by atoms with Gasteiger partial charge in [-0.05, 0) is 36.5 Å². The standard InChI is InChI=1S/C23H28N2O2/c1-4-18-10-7-11-19(5-2)22(18)25-15-20(13-21(25)26)23(27)24-14-17-9-6-8-16(3)12-17/h6-12,20H,4-5,13-15H2,1-3H3,(H,24,27). The highest BCUT2D eigenvalue weighted by atomic mass is 16.2. The molecule has 1 aliphatic heterocycles. The summed E-state index contributed by atoms with van der Waals surface area (Å²) in [6.07, 6.45) is 2.02. The van der Waals surface area contributed by atoms with Crippen molar-refractivity contribution in [2.24, 2.45) is 5.92 Å². The van der Waals surface area contributed by atoms with E-state index in [1.54, 1.807) is 0 Å². The van der Waals surface area contributed by atoms with Gasteiger partial charge in [-0.25, -0.2) is 0 Å². The highest BCUT2D eigenvalue weighted by molar-refractivity contribution is 6.01. The Bertz CT molecular complexity index is 822. The van der Waals surface area contributed by atoms with Gasteiger partial charge in [-0.2, -0.15) is 0 Å². The second kappa shape index (κ2) is 8.38. The molecule has 2 amide bonds. The first kappa shape index (κ1) is 19.2. The Morgan fingerprint density at radius 3 is 2.41 bits per heavy atom. The minimum atomic E-state index is -0.295. The van der Waals surface area contributed by atoms with E-state index in [0.717, 1.165) is 24.1 Å². The minimum absolute atomic E-state index is 0.0422. The third-order valence-electron chi connectivity index (χ3n) is 5.28. The molecule has 2 aromatic rings. The van der Waals surface area contributed by atoms with Crippen molar-refractivity contribution in [1.82, 2.24) is 5.32 Å². The molecule has 2 aromatic carbocycles. The molecule has 0 radical (unpaired) electrons. The lowest BCUT2D eigenvalue weighted by Gasteiger charge is -2.23. The van der Waals surface area contributed by atoms with Gasteiger partial charge in [0.2, 0.25) is 11.8 Å². The maximum Gasteiger partial charge on any atom is 0.227 e. The van der Waals surface area contributed by atoms with Gasteiger partial charge in [0.05, 0.1) is 5.92 Å². The van der Waals surface area contributed by atoms with Gasteiger partial charge in [-0.15, -0.1) is 0 Å². The van der Waals surface area contributed by atoms with E-state index in [4.69, 9.17) is 0 Å². The van der Waals surface area contributed by atoms with E-state index in [1.165, 1.54) is 16.7 Å². The van der Waals surface area contributed by atoms with Crippen LogP contribution in [0, 0.1) is 12.8 Å². The topological polar surface area (TPSA) is 49.4 Å². The van der Waals surface area contributed by atoms with E-state index >= 15 is 0 Å². The molecule has 3 rings (SSSR count). The van der Waals surface area contributed by atoms with Gasteiger partial charge in [-0.1, -0.05) is 61.9 Å². The fraction of sp³-hybridized carbons (Fsp3) is 0.391. The number of para-hydroxylation sites is 1. The summed E-state index contributed by atoms with van der Waals surface area (Å²) in [5.74, 6) is -0.294. The van der Waals surface area contributed by atoms with Crippen LogP contribution in [-0.2, 0) is 29.0 Å². The Morgan fingerprint density at radius 1 is 1.11 bits per heavy atom. The lowest BCUT2D eigenvalue weighted by molar-refractivity contribution is -0.126. The number of nitrogens with zero attached hydrogens (tertiary/aromatic N) is 1. The Morgan fingerprint density at radius 2 is 1.78 bits per heavy atom. The van der Waals surface area contributed by atoms with Crippen molar-refractivity contribution >= 4 is 17.5 Å². The van der Waals surface area contributed by atoms with Crippen LogP contribution in [0.5, 0.6) is 0 Å². The summed E-state index contributed by atoms with van der Waals surface area (Å²) in [5.41, 5.74) is 5.61. The fourth-order valence-corrected chi connectivity index (χ4v) is 3.82. The third kappa shape index (κ3) is 4.21. The highest BCUT2D eigenvalue weighted by Crippen LogP contribution is 2.32. The zero-order valence-corrected chi connectivity index (χ0v) is 16.4. The third-order valence-corrected chi connectivity index (χ3v) is 5.28. The maximum absolute atomic E-state index is 12.7. The number of benzene rings is 2. The summed E-state index contributed by atoms with van der Waals surface area (Å²) in [7, 11) is 0. The smallest absolute Gasteiger partial charge is 0.227 e. The number of carbonyl (C=O) groups excluding carboxylic acids is 2. The Kier molecular flexibility index (Phi) is 5.94. The lowest BCUT2D eigenvalue weighted by atomic mass is 10.0. The van der Waals surface area contributed by atoms with Crippen molar-refractivity contribution in [2.45, 2.75) is 46.6 Å². The van der Waals surface area contributed by atoms with Crippen LogP contribution in [0.2, 0.25) is 0 Å². The van der Waals surface area contributed by atoms with Crippen LogP contribution in [-0.4, -0.2) is 18.4 Å². The zero-order valence-electron chi connectivity index (χ0n) is 16.4. The van der Waals surface area contributed by atoms with E-state index in [1.807, 2.05) is 36.1 Å². The van der Waals surface area contributed by atoms with Crippen LogP contribution in [0.4, 0.5) is 5.69 Å². The van der Waals surface area contributed by atoms with Gasteiger partial charge >= 0.3 is 0 Å². The van der Waals surface area contributed by atoms with Crippen LogP contribution in [0.1, 0.15) is 42.5 Å². The van der Waals surface area contributed by atoms with Crippen molar-refractivity contribution in [3.63, 3.8) is 0 Å². The SMILES string of the molecule is CCc1cccc(CC)c1N1CC(C(=O)NCc2cccc(C)c2)CC1=O. The molecule has 1 fully saturated rings. The summed E-state index contributed by atoms with van der Waals surface area (Å²) in [5, 5.41) is 3.00. The average Bonchev–Trinajstić information content (AvgIpc) is 3.06. The van der Waals surface area contributed by atoms with Crippen LogP contribution in [0.15, 0.2) is 42.5 Å². The number of hydrogen-bond donors (Lipinski definition) is 1. The largest absolute Gasteiger partial charge is 0.352 e. The summed E-state index contributed by atoms with van der Waals surface area (Å²) in [6, 6.07) is 14.3. The first-order valence-corrected chi connectivity index (χ1v) is 9.77. The highest BCUT2D eigenvalue weighted by Gasteiger charge is 2.36. The van der Waals surface area contributed by atoms with Gasteiger partial charge in [-0.3, -0.25) is 9.59 Å². The summed E-state index contributed by atoms with van der Waals surface area (Å²) in [6.45, 7) is 7.20. The Balaban J connectivity index is 1.71. The maximum atomic E-state index is 12.7. The molecule has 142 valence electrons. The molecule has 0 bridgehead atoms. The summed E-state index contributed by atoms with van der Waals surface area (Å²) < 4.78 is 0. The number of aryl methyl sites for hydroxylation is 3. The molecule has 27 heavy (non-hydrogen) atoms. The number of rotatable bonds is 6. The number of nitrogens with one attached hydrogen (secondary N) is 1. The van der Waals surface area contributed by atoms with Crippen molar-refractivity contribution in [1.29, 1.82) is 0 Å². The molecule has 1 N–H and O–H groups in total. The molecule has 1 unspecified atom stereocenters. The minimum Gasteiger partial charge on any atom is -0.352 e. The van der Waals surface area contributed by atoms with E-state index in [2.05, 4.69) is 37.4 Å². The van der Waals surface area contributed by atoms with Crippen molar-refractivity contribution in [2.75, 3.05) is 11.4 Å². The first-order valence-electron chi connectivity index (χ1n) is 9.77. The second-order valence-electron chi connectivity index (χ2n) is 7.24. The summed E-state index contributed by atoms with van der Waals surface area (Å²) in [4.78, 5) is 27.2. The lowest BCUT2D eigenvalue weighted by Crippen LogP contribution is -2.33. The van der Waals surface area contributed by atoms with E-state index in [9.17, 15) is 9.59 Å². The van der Waals surface area contributed by atoms with Crippen molar-refractivity contribution in [3.8, 4) is 0 Å². The molecule has 1 atom stereocenters. The van der Waals surface area contributed by atoms with E-state index < -0.39 is 0 Å². The number of anilines is 1. The monoisotopic (exact) mass is 364 g/mol. The van der Waals surface area contributed by atoms with Gasteiger partial charge in [0, 0.05) is 25.2 Å². The second-order valence-corrected chi connectivity index (χ2v) is 7.24. The van der Waals surface area contributed by atoms with Crippen LogP contribution in [0.25, 0.3) is 0 Å². The van der Waals surface area contributed by atoms with Crippen molar-refractivity contribution < 1.29 is 9.59 Å².